The molecule has 3 rings (SSSR count). The quantitative estimate of drug-likeness (QED) is 0.560. The molecule has 11 heteroatoms. The van der Waals surface area contributed by atoms with Gasteiger partial charge in [-0.15, -0.1) is 17.9 Å². The third-order valence-corrected chi connectivity index (χ3v) is 8.42. The molecule has 1 aliphatic carbocycles. The van der Waals surface area contributed by atoms with Crippen LogP contribution in [0.15, 0.2) is 34.4 Å². The van der Waals surface area contributed by atoms with Crippen molar-refractivity contribution in [3.05, 3.63) is 30.2 Å². The van der Waals surface area contributed by atoms with E-state index >= 15 is 0 Å². The van der Waals surface area contributed by atoms with Crippen molar-refractivity contribution in [2.24, 2.45) is 5.73 Å². The molecule has 2 aliphatic rings. The summed E-state index contributed by atoms with van der Waals surface area (Å²) in [5.74, 6) is -0.489. The Kier molecular flexibility index (Phi) is 6.93. The maximum Gasteiger partial charge on any atom is 0.319 e. The SMILES string of the molecule is C=CCNC(=O)N1CCN(S(=O)(=O)c2cccs2)C1C(=O)NC1CCC(N)CC1. The molecule has 1 unspecified atom stereocenters. The number of urea groups is 1. The fourth-order valence-electron chi connectivity index (χ4n) is 3.67. The highest BCUT2D eigenvalue weighted by atomic mass is 32.2. The highest BCUT2D eigenvalue weighted by Gasteiger charge is 2.47. The molecule has 1 aliphatic heterocycles. The smallest absolute Gasteiger partial charge is 0.319 e. The number of nitrogens with one attached hydrogen (secondary N) is 2. The van der Waals surface area contributed by atoms with Gasteiger partial charge in [0.1, 0.15) is 4.21 Å². The van der Waals surface area contributed by atoms with Crippen LogP contribution in [0.1, 0.15) is 25.7 Å². The minimum atomic E-state index is -3.90. The Bertz CT molecular complexity index is 834. The van der Waals surface area contributed by atoms with Gasteiger partial charge in [-0.3, -0.25) is 9.69 Å². The number of sulfonamides is 1. The lowest BCUT2D eigenvalue weighted by atomic mass is 9.92. The summed E-state index contributed by atoms with van der Waals surface area (Å²) in [6, 6.07) is 2.69. The molecule has 1 aromatic rings. The van der Waals surface area contributed by atoms with Crippen molar-refractivity contribution < 1.29 is 18.0 Å². The van der Waals surface area contributed by atoms with Crippen molar-refractivity contribution >= 4 is 33.3 Å². The van der Waals surface area contributed by atoms with E-state index in [9.17, 15) is 18.0 Å². The van der Waals surface area contributed by atoms with Crippen molar-refractivity contribution in [2.45, 2.75) is 48.1 Å². The highest BCUT2D eigenvalue weighted by Crippen LogP contribution is 2.28. The first kappa shape index (κ1) is 21.8. The van der Waals surface area contributed by atoms with Crippen molar-refractivity contribution in [1.82, 2.24) is 19.8 Å². The van der Waals surface area contributed by atoms with Gasteiger partial charge in [0.15, 0.2) is 6.17 Å². The normalized spacial score (nSPS) is 25.6. The van der Waals surface area contributed by atoms with Crippen LogP contribution in [0.2, 0.25) is 0 Å². The van der Waals surface area contributed by atoms with Gasteiger partial charge >= 0.3 is 6.03 Å². The van der Waals surface area contributed by atoms with Gasteiger partial charge in [0.25, 0.3) is 15.9 Å². The van der Waals surface area contributed by atoms with Gasteiger partial charge in [-0.1, -0.05) is 12.1 Å². The molecular weight excluding hydrogens is 414 g/mol. The van der Waals surface area contributed by atoms with Crippen LogP contribution in [0.25, 0.3) is 0 Å². The second-order valence-electron chi connectivity index (χ2n) is 7.21. The van der Waals surface area contributed by atoms with Crippen molar-refractivity contribution in [1.29, 1.82) is 0 Å². The van der Waals surface area contributed by atoms with E-state index in [1.165, 1.54) is 17.0 Å². The Hall–Kier alpha value is -1.95. The Morgan fingerprint density at radius 1 is 1.28 bits per heavy atom. The third-order valence-electron chi connectivity index (χ3n) is 5.20. The summed E-state index contributed by atoms with van der Waals surface area (Å²) in [7, 11) is -3.90. The molecule has 160 valence electrons. The van der Waals surface area contributed by atoms with Crippen LogP contribution in [-0.2, 0) is 14.8 Å². The van der Waals surface area contributed by atoms with Gasteiger partial charge in [0.05, 0.1) is 0 Å². The molecule has 3 amide bonds. The summed E-state index contributed by atoms with van der Waals surface area (Å²) in [6.07, 6.45) is 3.36. The van der Waals surface area contributed by atoms with Crippen molar-refractivity contribution in [3.8, 4) is 0 Å². The highest BCUT2D eigenvalue weighted by molar-refractivity contribution is 7.91. The second kappa shape index (κ2) is 9.24. The molecule has 29 heavy (non-hydrogen) atoms. The zero-order valence-corrected chi connectivity index (χ0v) is 17.8. The summed E-state index contributed by atoms with van der Waals surface area (Å²) in [6.45, 7) is 3.96. The minimum absolute atomic E-state index is 0.0510. The van der Waals surface area contributed by atoms with Gasteiger partial charge in [-0.2, -0.15) is 4.31 Å². The Morgan fingerprint density at radius 2 is 2.00 bits per heavy atom. The van der Waals surface area contributed by atoms with Gasteiger partial charge < -0.3 is 16.4 Å². The maximum atomic E-state index is 13.1. The summed E-state index contributed by atoms with van der Waals surface area (Å²) >= 11 is 1.08. The van der Waals surface area contributed by atoms with Crippen LogP contribution in [0, 0.1) is 0 Å². The predicted molar refractivity (Wildman–Crippen MR) is 111 cm³/mol. The summed E-state index contributed by atoms with van der Waals surface area (Å²) in [5, 5.41) is 7.22. The van der Waals surface area contributed by atoms with Crippen LogP contribution < -0.4 is 16.4 Å². The van der Waals surface area contributed by atoms with E-state index in [2.05, 4.69) is 17.2 Å². The number of thiophene rings is 1. The fourth-order valence-corrected chi connectivity index (χ4v) is 6.33. The average molecular weight is 442 g/mol. The Labute approximate surface area is 175 Å². The number of nitrogens with two attached hydrogens (primary N) is 1. The monoisotopic (exact) mass is 441 g/mol. The largest absolute Gasteiger partial charge is 0.350 e. The van der Waals surface area contributed by atoms with Crippen molar-refractivity contribution in [2.75, 3.05) is 19.6 Å². The van der Waals surface area contributed by atoms with Gasteiger partial charge in [0.2, 0.25) is 0 Å². The Morgan fingerprint density at radius 3 is 2.62 bits per heavy atom. The van der Waals surface area contributed by atoms with Crippen LogP contribution in [0.3, 0.4) is 0 Å². The van der Waals surface area contributed by atoms with Crippen LogP contribution in [-0.4, -0.2) is 67.4 Å². The van der Waals surface area contributed by atoms with Crippen LogP contribution in [0.4, 0.5) is 4.79 Å². The van der Waals surface area contributed by atoms with E-state index in [1.807, 2.05) is 0 Å². The van der Waals surface area contributed by atoms with Crippen LogP contribution >= 0.6 is 11.3 Å². The first-order valence-corrected chi connectivity index (χ1v) is 11.9. The fraction of sp³-hybridized carbons (Fsp3) is 0.556. The standard InChI is InChI=1S/C18H27N5O4S2/c1-2-9-20-18(25)22-10-11-23(29(26,27)15-4-3-12-28-15)17(22)16(24)21-14-7-5-13(19)6-8-14/h2-4,12-14,17H,1,5-11,19H2,(H,20,25)(H,21,24). The lowest BCUT2D eigenvalue weighted by molar-refractivity contribution is -0.128. The first-order valence-electron chi connectivity index (χ1n) is 9.61. The van der Waals surface area contributed by atoms with Gasteiger partial charge in [-0.25, -0.2) is 13.2 Å². The minimum Gasteiger partial charge on any atom is -0.350 e. The summed E-state index contributed by atoms with van der Waals surface area (Å²) in [5.41, 5.74) is 5.92. The molecule has 1 atom stereocenters. The number of hydrogen-bond acceptors (Lipinski definition) is 6. The number of carbonyl (C=O) groups is 2. The molecule has 0 aromatic carbocycles. The van der Waals surface area contributed by atoms with E-state index in [0.717, 1.165) is 41.3 Å². The number of hydrogen-bond donors (Lipinski definition) is 3. The second-order valence-corrected chi connectivity index (χ2v) is 10.3. The van der Waals surface area contributed by atoms with Gasteiger partial charge in [0, 0.05) is 31.7 Å². The van der Waals surface area contributed by atoms with E-state index in [4.69, 9.17) is 5.73 Å². The molecular formula is C18H27N5O4S2. The molecule has 2 heterocycles. The molecule has 0 spiro atoms. The van der Waals surface area contributed by atoms with E-state index in [1.54, 1.807) is 11.4 Å². The Balaban J connectivity index is 1.83. The molecule has 1 aromatic heterocycles. The molecule has 2 fully saturated rings. The van der Waals surface area contributed by atoms with E-state index < -0.39 is 28.1 Å². The van der Waals surface area contributed by atoms with E-state index in [0.29, 0.717) is 0 Å². The maximum absolute atomic E-state index is 13.1. The third kappa shape index (κ3) is 4.80. The predicted octanol–water partition coefficient (Wildman–Crippen LogP) is 0.662. The number of nitrogens with zero attached hydrogens (tertiary/aromatic N) is 2. The molecule has 0 radical (unpaired) electrons. The molecule has 1 saturated heterocycles. The number of rotatable bonds is 6. The van der Waals surface area contributed by atoms with Gasteiger partial charge in [-0.05, 0) is 37.1 Å². The topological polar surface area (TPSA) is 125 Å². The lowest BCUT2D eigenvalue weighted by Crippen LogP contribution is -2.57. The first-order chi connectivity index (χ1) is 13.8. The lowest BCUT2D eigenvalue weighted by Gasteiger charge is -2.32. The average Bonchev–Trinajstić information content (AvgIpc) is 3.38. The summed E-state index contributed by atoms with van der Waals surface area (Å²) < 4.78 is 27.4. The number of carbonyl (C=O) groups excluding carboxylic acids is 2. The number of amides is 3. The molecule has 1 saturated carbocycles. The molecule has 4 N–H and O–H groups in total. The van der Waals surface area contributed by atoms with Crippen LogP contribution in [0.5, 0.6) is 0 Å². The van der Waals surface area contributed by atoms with Crippen molar-refractivity contribution in [3.63, 3.8) is 0 Å². The molecule has 0 bridgehead atoms. The zero-order chi connectivity index (χ0) is 21.0. The van der Waals surface area contributed by atoms with E-state index in [-0.39, 0.29) is 35.9 Å². The summed E-state index contributed by atoms with van der Waals surface area (Å²) in [4.78, 5) is 27.0. The zero-order valence-electron chi connectivity index (χ0n) is 16.1. The molecule has 9 nitrogen and oxygen atoms in total.